The number of benzene rings is 2. The molecule has 2 aromatic rings. The predicted molar refractivity (Wildman–Crippen MR) is 161 cm³/mol. The summed E-state index contributed by atoms with van der Waals surface area (Å²) in [5, 5.41) is 0.785. The lowest BCUT2D eigenvalue weighted by atomic mass is 9.72. The first-order valence-electron chi connectivity index (χ1n) is 14.7. The van der Waals surface area contributed by atoms with Crippen LogP contribution in [0.4, 0.5) is 0 Å². The molecule has 0 N–H and O–H groups in total. The smallest absolute Gasteiger partial charge is 0.335 e. The molecule has 212 valence electrons. The van der Waals surface area contributed by atoms with E-state index in [0.29, 0.717) is 17.9 Å². The molecular formula is C33H46ClN3O2. The van der Waals surface area contributed by atoms with Crippen LogP contribution in [0.5, 0.6) is 0 Å². The molecule has 0 spiro atoms. The van der Waals surface area contributed by atoms with Crippen LogP contribution in [0.15, 0.2) is 59.6 Å². The normalized spacial score (nSPS) is 25.7. The van der Waals surface area contributed by atoms with E-state index in [-0.39, 0.29) is 12.0 Å². The van der Waals surface area contributed by atoms with Crippen molar-refractivity contribution < 1.29 is 9.53 Å². The lowest BCUT2D eigenvalue weighted by Crippen LogP contribution is -2.53. The van der Waals surface area contributed by atoms with Crippen LogP contribution < -0.4 is 0 Å². The van der Waals surface area contributed by atoms with E-state index in [0.717, 1.165) is 43.7 Å². The summed E-state index contributed by atoms with van der Waals surface area (Å²) in [6.07, 6.45) is 11.3. The van der Waals surface area contributed by atoms with Gasteiger partial charge in [0.25, 0.3) is 0 Å². The standard InChI is InChI=1S/C33H46ClN3O2/c1-5-6-21-33(32(38)39-4)30(37(24-35-33)22-20-25-10-8-7-9-11-25)23-26-12-14-27(15-13-26)31(36(2)3)28-16-18-29(34)19-17-28/h7-11,16-19,24,26-27,30-31H,5-6,12-15,20-23H2,1-4H3. The third-order valence-electron chi connectivity index (χ3n) is 9.00. The number of carbonyl (C=O) groups is 1. The summed E-state index contributed by atoms with van der Waals surface area (Å²) >= 11 is 6.18. The van der Waals surface area contributed by atoms with E-state index in [4.69, 9.17) is 21.3 Å². The molecular weight excluding hydrogens is 506 g/mol. The second kappa shape index (κ2) is 13.8. The molecule has 0 bridgehead atoms. The Bertz CT molecular complexity index is 1070. The number of hydrogen-bond donors (Lipinski definition) is 0. The number of carbonyl (C=O) groups excluding carboxylic acids is 1. The fourth-order valence-corrected chi connectivity index (χ4v) is 7.04. The molecule has 0 saturated heterocycles. The number of unbranched alkanes of at least 4 members (excludes halogenated alkanes) is 1. The SMILES string of the molecule is CCCCC1(C(=O)OC)N=CN(CCc2ccccc2)C1CC1CCC(C(c2ccc(Cl)cc2)N(C)C)CC1. The minimum atomic E-state index is -0.798. The zero-order chi connectivity index (χ0) is 27.8. The summed E-state index contributed by atoms with van der Waals surface area (Å²) in [5.41, 5.74) is 1.85. The highest BCUT2D eigenvalue weighted by molar-refractivity contribution is 6.30. The van der Waals surface area contributed by atoms with Crippen LogP contribution in [0, 0.1) is 11.8 Å². The van der Waals surface area contributed by atoms with Gasteiger partial charge in [-0.3, -0.25) is 4.99 Å². The fourth-order valence-electron chi connectivity index (χ4n) is 6.92. The van der Waals surface area contributed by atoms with Gasteiger partial charge in [0.1, 0.15) is 0 Å². The van der Waals surface area contributed by atoms with Crippen molar-refractivity contribution in [2.75, 3.05) is 27.7 Å². The van der Waals surface area contributed by atoms with Crippen LogP contribution in [0.25, 0.3) is 0 Å². The Kier molecular flexibility index (Phi) is 10.5. The monoisotopic (exact) mass is 551 g/mol. The molecule has 1 heterocycles. The zero-order valence-electron chi connectivity index (χ0n) is 24.2. The van der Waals surface area contributed by atoms with Gasteiger partial charge in [-0.1, -0.05) is 86.7 Å². The summed E-state index contributed by atoms with van der Waals surface area (Å²) in [6, 6.07) is 19.4. The molecule has 6 heteroatoms. The van der Waals surface area contributed by atoms with Crippen molar-refractivity contribution in [1.29, 1.82) is 0 Å². The number of rotatable bonds is 12. The highest BCUT2D eigenvalue weighted by atomic mass is 35.5. The number of methoxy groups -OCH3 is 1. The Morgan fingerprint density at radius 3 is 2.41 bits per heavy atom. The van der Waals surface area contributed by atoms with Gasteiger partial charge in [-0.15, -0.1) is 0 Å². The Morgan fingerprint density at radius 2 is 1.79 bits per heavy atom. The van der Waals surface area contributed by atoms with Gasteiger partial charge in [-0.25, -0.2) is 4.79 Å². The van der Waals surface area contributed by atoms with Crippen LogP contribution >= 0.6 is 11.6 Å². The van der Waals surface area contributed by atoms with Crippen LogP contribution in [-0.4, -0.2) is 61.4 Å². The molecule has 1 aliphatic carbocycles. The second-order valence-electron chi connectivity index (χ2n) is 11.7. The summed E-state index contributed by atoms with van der Waals surface area (Å²) in [4.78, 5) is 23.0. The van der Waals surface area contributed by atoms with Gasteiger partial charge < -0.3 is 14.5 Å². The first-order valence-corrected chi connectivity index (χ1v) is 15.1. The Morgan fingerprint density at radius 1 is 1.10 bits per heavy atom. The molecule has 2 aliphatic rings. The number of esters is 1. The molecule has 1 aliphatic heterocycles. The van der Waals surface area contributed by atoms with Gasteiger partial charge in [0.15, 0.2) is 5.54 Å². The predicted octanol–water partition coefficient (Wildman–Crippen LogP) is 7.20. The van der Waals surface area contributed by atoms with Crippen molar-refractivity contribution in [3.05, 3.63) is 70.7 Å². The van der Waals surface area contributed by atoms with E-state index in [2.05, 4.69) is 73.3 Å². The number of nitrogens with zero attached hydrogens (tertiary/aromatic N) is 3. The zero-order valence-corrected chi connectivity index (χ0v) is 24.9. The van der Waals surface area contributed by atoms with Gasteiger partial charge in [0.2, 0.25) is 0 Å². The minimum Gasteiger partial charge on any atom is -0.467 e. The van der Waals surface area contributed by atoms with Crippen molar-refractivity contribution in [3.63, 3.8) is 0 Å². The maximum absolute atomic E-state index is 13.3. The highest BCUT2D eigenvalue weighted by Gasteiger charge is 2.52. The van der Waals surface area contributed by atoms with E-state index < -0.39 is 5.54 Å². The highest BCUT2D eigenvalue weighted by Crippen LogP contribution is 2.44. The molecule has 5 nitrogen and oxygen atoms in total. The van der Waals surface area contributed by atoms with Crippen molar-refractivity contribution >= 4 is 23.9 Å². The molecule has 3 atom stereocenters. The van der Waals surface area contributed by atoms with Gasteiger partial charge in [0, 0.05) is 17.6 Å². The van der Waals surface area contributed by atoms with Gasteiger partial charge in [0.05, 0.1) is 19.5 Å². The summed E-state index contributed by atoms with van der Waals surface area (Å²) in [7, 11) is 5.88. The van der Waals surface area contributed by atoms with Gasteiger partial charge >= 0.3 is 5.97 Å². The maximum atomic E-state index is 13.3. The Labute approximate surface area is 240 Å². The number of halogens is 1. The maximum Gasteiger partial charge on any atom is 0.335 e. The van der Waals surface area contributed by atoms with Crippen LogP contribution in [0.3, 0.4) is 0 Å². The number of aliphatic imine (C=N–C) groups is 1. The lowest BCUT2D eigenvalue weighted by molar-refractivity contribution is -0.149. The largest absolute Gasteiger partial charge is 0.467 e. The van der Waals surface area contributed by atoms with E-state index in [1.807, 2.05) is 18.5 Å². The molecule has 1 saturated carbocycles. The summed E-state index contributed by atoms with van der Waals surface area (Å²) in [6.45, 7) is 3.03. The molecule has 1 fully saturated rings. The topological polar surface area (TPSA) is 45.1 Å². The average molecular weight is 552 g/mol. The Hall–Kier alpha value is -2.37. The van der Waals surface area contributed by atoms with E-state index >= 15 is 0 Å². The van der Waals surface area contributed by atoms with Crippen molar-refractivity contribution in [2.45, 2.75) is 82.3 Å². The van der Waals surface area contributed by atoms with E-state index in [1.165, 1.54) is 43.9 Å². The minimum absolute atomic E-state index is 0.0441. The molecule has 39 heavy (non-hydrogen) atoms. The first-order chi connectivity index (χ1) is 18.9. The summed E-state index contributed by atoms with van der Waals surface area (Å²) in [5.74, 6) is 1.01. The molecule has 0 amide bonds. The van der Waals surface area contributed by atoms with Crippen molar-refractivity contribution in [3.8, 4) is 0 Å². The van der Waals surface area contributed by atoms with Crippen molar-refractivity contribution in [1.82, 2.24) is 9.80 Å². The number of ether oxygens (including phenoxy) is 1. The quantitative estimate of drug-likeness (QED) is 0.262. The van der Waals surface area contributed by atoms with Crippen LogP contribution in [0.1, 0.15) is 75.5 Å². The van der Waals surface area contributed by atoms with E-state index in [1.54, 1.807) is 0 Å². The van der Waals surface area contributed by atoms with Crippen LogP contribution in [-0.2, 0) is 16.0 Å². The molecule has 0 radical (unpaired) electrons. The molecule has 3 unspecified atom stereocenters. The van der Waals surface area contributed by atoms with E-state index in [9.17, 15) is 4.79 Å². The Balaban J connectivity index is 1.48. The molecule has 4 rings (SSSR count). The van der Waals surface area contributed by atoms with Gasteiger partial charge in [-0.05, 0) is 81.3 Å². The first kappa shape index (κ1) is 29.6. The average Bonchev–Trinajstić information content (AvgIpc) is 3.30. The summed E-state index contributed by atoms with van der Waals surface area (Å²) < 4.78 is 5.40. The second-order valence-corrected chi connectivity index (χ2v) is 12.2. The fraction of sp³-hybridized carbons (Fsp3) is 0.576. The van der Waals surface area contributed by atoms with Gasteiger partial charge in [-0.2, -0.15) is 0 Å². The third kappa shape index (κ3) is 7.05. The molecule has 0 aromatic heterocycles. The molecule has 2 aromatic carbocycles. The third-order valence-corrected chi connectivity index (χ3v) is 9.25. The van der Waals surface area contributed by atoms with Crippen LogP contribution in [0.2, 0.25) is 5.02 Å². The lowest BCUT2D eigenvalue weighted by Gasteiger charge is -2.41. The van der Waals surface area contributed by atoms with Crippen molar-refractivity contribution in [2.24, 2.45) is 16.8 Å². The number of hydrogen-bond acceptors (Lipinski definition) is 5.